The number of fused-ring (bicyclic) bond motifs is 1. The van der Waals surface area contributed by atoms with Crippen molar-refractivity contribution in [3.05, 3.63) is 21.7 Å². The number of hydrogen-bond acceptors (Lipinski definition) is 6. The van der Waals surface area contributed by atoms with E-state index in [0.717, 1.165) is 0 Å². The monoisotopic (exact) mass is 222 g/mol. The quantitative estimate of drug-likeness (QED) is 0.551. The average molecular weight is 222 g/mol. The summed E-state index contributed by atoms with van der Waals surface area (Å²) >= 11 is 0. The molecule has 0 saturated heterocycles. The van der Waals surface area contributed by atoms with Crippen molar-refractivity contribution in [2.45, 2.75) is 0 Å². The van der Waals surface area contributed by atoms with E-state index in [-0.39, 0.29) is 29.6 Å². The molecule has 1 aromatic carbocycles. The van der Waals surface area contributed by atoms with Crippen molar-refractivity contribution in [1.29, 1.82) is 5.26 Å². The summed E-state index contributed by atoms with van der Waals surface area (Å²) < 4.78 is 15.0. The lowest BCUT2D eigenvalue weighted by Gasteiger charge is -2.05. The Morgan fingerprint density at radius 3 is 2.81 bits per heavy atom. The van der Waals surface area contributed by atoms with Gasteiger partial charge in [-0.15, -0.1) is 0 Å². The minimum absolute atomic E-state index is 0.0547. The number of rotatable bonds is 2. The van der Waals surface area contributed by atoms with Gasteiger partial charge in [-0.1, -0.05) is 0 Å². The molecule has 0 amide bonds. The van der Waals surface area contributed by atoms with E-state index in [9.17, 15) is 10.1 Å². The Morgan fingerprint density at radius 1 is 1.56 bits per heavy atom. The minimum atomic E-state index is -0.675. The molecule has 1 aliphatic heterocycles. The summed E-state index contributed by atoms with van der Waals surface area (Å²) in [5.41, 5.74) is -0.512. The van der Waals surface area contributed by atoms with E-state index in [2.05, 4.69) is 0 Å². The molecule has 0 N–H and O–H groups in total. The summed E-state index contributed by atoms with van der Waals surface area (Å²) in [5.74, 6) is 0.351. The van der Waals surface area contributed by atoms with E-state index in [1.807, 2.05) is 0 Å². The molecule has 82 valence electrons. The van der Waals surface area contributed by atoms with E-state index in [1.165, 1.54) is 13.2 Å². The Hall–Kier alpha value is -2.49. The molecule has 0 unspecified atom stereocenters. The van der Waals surface area contributed by atoms with Crippen molar-refractivity contribution >= 4 is 5.69 Å². The van der Waals surface area contributed by atoms with Gasteiger partial charge in [-0.2, -0.15) is 5.26 Å². The third-order valence-electron chi connectivity index (χ3n) is 2.11. The summed E-state index contributed by atoms with van der Waals surface area (Å²) in [6.07, 6.45) is 0. The standard InChI is InChI=1S/C9H6N2O5/c1-14-6-2-5(3-10)7(11(12)13)9-8(6)15-4-16-9/h2H,4H2,1H3. The van der Waals surface area contributed by atoms with Crippen molar-refractivity contribution in [3.8, 4) is 23.3 Å². The normalized spacial score (nSPS) is 12.0. The van der Waals surface area contributed by atoms with Gasteiger partial charge in [0.05, 0.1) is 12.0 Å². The fourth-order valence-electron chi connectivity index (χ4n) is 1.44. The number of methoxy groups -OCH3 is 1. The fraction of sp³-hybridized carbons (Fsp3) is 0.222. The second-order valence-electron chi connectivity index (χ2n) is 2.91. The summed E-state index contributed by atoms with van der Waals surface area (Å²) in [5, 5.41) is 19.6. The highest BCUT2D eigenvalue weighted by atomic mass is 16.7. The zero-order valence-electron chi connectivity index (χ0n) is 8.22. The Bertz CT molecular complexity index is 506. The maximum atomic E-state index is 10.8. The summed E-state index contributed by atoms with van der Waals surface area (Å²) in [4.78, 5) is 10.1. The number of nitro benzene ring substituents is 1. The molecular formula is C9H6N2O5. The molecule has 0 saturated carbocycles. The van der Waals surface area contributed by atoms with Gasteiger partial charge in [-0.05, 0) is 0 Å². The first-order valence-corrected chi connectivity index (χ1v) is 4.24. The van der Waals surface area contributed by atoms with Crippen LogP contribution in [0.1, 0.15) is 5.56 Å². The second kappa shape index (κ2) is 3.58. The summed E-state index contributed by atoms with van der Waals surface area (Å²) in [6.45, 7) is -0.124. The Kier molecular flexibility index (Phi) is 2.25. The Labute approximate surface area is 89.9 Å². The van der Waals surface area contributed by atoms with Crippen molar-refractivity contribution in [2.75, 3.05) is 13.9 Å². The molecule has 0 atom stereocenters. The minimum Gasteiger partial charge on any atom is -0.493 e. The van der Waals surface area contributed by atoms with E-state index in [4.69, 9.17) is 19.5 Å². The molecule has 16 heavy (non-hydrogen) atoms. The molecule has 0 spiro atoms. The van der Waals surface area contributed by atoms with Crippen LogP contribution in [0.15, 0.2) is 6.07 Å². The largest absolute Gasteiger partial charge is 0.493 e. The van der Waals surface area contributed by atoms with Crippen LogP contribution in [0.25, 0.3) is 0 Å². The second-order valence-corrected chi connectivity index (χ2v) is 2.91. The van der Waals surface area contributed by atoms with Crippen LogP contribution in [0.5, 0.6) is 17.2 Å². The van der Waals surface area contributed by atoms with Crippen LogP contribution in [-0.2, 0) is 0 Å². The molecule has 0 radical (unpaired) electrons. The van der Waals surface area contributed by atoms with Crippen molar-refractivity contribution in [1.82, 2.24) is 0 Å². The molecule has 7 nitrogen and oxygen atoms in total. The number of ether oxygens (including phenoxy) is 3. The molecule has 2 rings (SSSR count). The Balaban J connectivity index is 2.75. The predicted octanol–water partition coefficient (Wildman–Crippen LogP) is 1.20. The van der Waals surface area contributed by atoms with Crippen LogP contribution in [0.4, 0.5) is 5.69 Å². The highest BCUT2D eigenvalue weighted by molar-refractivity contribution is 5.70. The van der Waals surface area contributed by atoms with Crippen molar-refractivity contribution in [3.63, 3.8) is 0 Å². The Morgan fingerprint density at radius 2 is 2.25 bits per heavy atom. The topological polar surface area (TPSA) is 94.6 Å². The molecule has 1 aromatic rings. The molecule has 7 heteroatoms. The number of nitrogens with zero attached hydrogens (tertiary/aromatic N) is 2. The van der Waals surface area contributed by atoms with Crippen LogP contribution in [0.3, 0.4) is 0 Å². The number of nitriles is 1. The average Bonchev–Trinajstić information content (AvgIpc) is 2.74. The maximum absolute atomic E-state index is 10.8. The zero-order chi connectivity index (χ0) is 11.7. The van der Waals surface area contributed by atoms with Gasteiger partial charge < -0.3 is 14.2 Å². The summed E-state index contributed by atoms with van der Waals surface area (Å²) in [7, 11) is 1.38. The first kappa shape index (κ1) is 10.0. The lowest BCUT2D eigenvalue weighted by Crippen LogP contribution is -1.97. The first-order chi connectivity index (χ1) is 7.69. The van der Waals surface area contributed by atoms with E-state index < -0.39 is 10.6 Å². The molecule has 1 aliphatic rings. The van der Waals surface area contributed by atoms with E-state index in [0.29, 0.717) is 0 Å². The van der Waals surface area contributed by atoms with Gasteiger partial charge in [0, 0.05) is 6.07 Å². The molecular weight excluding hydrogens is 216 g/mol. The third-order valence-corrected chi connectivity index (χ3v) is 2.11. The van der Waals surface area contributed by atoms with Crippen LogP contribution in [0, 0.1) is 21.4 Å². The summed E-state index contributed by atoms with van der Waals surface area (Å²) in [6, 6.07) is 2.98. The van der Waals surface area contributed by atoms with Gasteiger partial charge in [0.15, 0.2) is 5.75 Å². The van der Waals surface area contributed by atoms with Gasteiger partial charge >= 0.3 is 5.69 Å². The maximum Gasteiger partial charge on any atom is 0.332 e. The predicted molar refractivity (Wildman–Crippen MR) is 50.5 cm³/mol. The van der Waals surface area contributed by atoms with Crippen molar-refractivity contribution in [2.24, 2.45) is 0 Å². The fourth-order valence-corrected chi connectivity index (χ4v) is 1.44. The molecule has 0 fully saturated rings. The first-order valence-electron chi connectivity index (χ1n) is 4.24. The molecule has 1 heterocycles. The molecule has 0 aliphatic carbocycles. The van der Waals surface area contributed by atoms with Gasteiger partial charge in [0.25, 0.3) is 0 Å². The van der Waals surface area contributed by atoms with Crippen LogP contribution < -0.4 is 14.2 Å². The van der Waals surface area contributed by atoms with Gasteiger partial charge in [0.2, 0.25) is 18.3 Å². The lowest BCUT2D eigenvalue weighted by atomic mass is 10.1. The SMILES string of the molecule is COc1cc(C#N)c([N+](=O)[O-])c2c1OCO2. The highest BCUT2D eigenvalue weighted by Gasteiger charge is 2.33. The van der Waals surface area contributed by atoms with Gasteiger partial charge in [0.1, 0.15) is 11.6 Å². The number of benzene rings is 1. The highest BCUT2D eigenvalue weighted by Crippen LogP contribution is 2.48. The van der Waals surface area contributed by atoms with Gasteiger partial charge in [-0.3, -0.25) is 10.1 Å². The van der Waals surface area contributed by atoms with Crippen LogP contribution in [0.2, 0.25) is 0 Å². The van der Waals surface area contributed by atoms with Crippen LogP contribution in [-0.4, -0.2) is 18.8 Å². The third kappa shape index (κ3) is 1.28. The lowest BCUT2D eigenvalue weighted by molar-refractivity contribution is -0.386. The smallest absolute Gasteiger partial charge is 0.332 e. The van der Waals surface area contributed by atoms with Crippen LogP contribution >= 0.6 is 0 Å². The van der Waals surface area contributed by atoms with Gasteiger partial charge in [-0.25, -0.2) is 0 Å². The molecule has 0 bridgehead atoms. The number of hydrogen-bond donors (Lipinski definition) is 0. The number of nitro groups is 1. The molecule has 0 aromatic heterocycles. The van der Waals surface area contributed by atoms with E-state index in [1.54, 1.807) is 6.07 Å². The van der Waals surface area contributed by atoms with Crippen molar-refractivity contribution < 1.29 is 19.1 Å². The zero-order valence-corrected chi connectivity index (χ0v) is 8.22. The van der Waals surface area contributed by atoms with E-state index >= 15 is 0 Å².